The zero-order valence-corrected chi connectivity index (χ0v) is 23.8. The van der Waals surface area contributed by atoms with Crippen molar-refractivity contribution in [2.75, 3.05) is 12.0 Å². The number of fused-ring (bicyclic) bond motifs is 4. The number of aromatic nitrogens is 1. The number of hydrogen-bond donors (Lipinski definition) is 2. The Labute approximate surface area is 248 Å². The second-order valence-corrected chi connectivity index (χ2v) is 11.0. The van der Waals surface area contributed by atoms with Crippen LogP contribution in [0.15, 0.2) is 97.1 Å². The van der Waals surface area contributed by atoms with Gasteiger partial charge in [-0.1, -0.05) is 72.3 Å². The number of para-hydroxylation sites is 2. The molecule has 7 rings (SSSR count). The molecule has 1 fully saturated rings. The molecule has 0 unspecified atom stereocenters. The SMILES string of the molecule is COc1ccc([C@@H]2c3[nH]c4ccccc4c3C[C@H]3C(=O)N(c4ccccc4C(=O)NCc4ccc(C)cc4)C(=O)N23)cc1. The van der Waals surface area contributed by atoms with Crippen molar-refractivity contribution < 1.29 is 19.1 Å². The fraction of sp³-hybridized carbons (Fsp3) is 0.171. The summed E-state index contributed by atoms with van der Waals surface area (Å²) in [6.07, 6.45) is 0.370. The van der Waals surface area contributed by atoms with Crippen LogP contribution >= 0.6 is 0 Å². The molecule has 2 N–H and O–H groups in total. The van der Waals surface area contributed by atoms with Gasteiger partial charge in [0.2, 0.25) is 0 Å². The Hall–Kier alpha value is -5.37. The van der Waals surface area contributed by atoms with E-state index < -0.39 is 18.1 Å². The molecule has 2 aliphatic rings. The van der Waals surface area contributed by atoms with E-state index >= 15 is 0 Å². The number of nitrogens with one attached hydrogen (secondary N) is 2. The Morgan fingerprint density at radius 3 is 2.42 bits per heavy atom. The number of nitrogens with zero attached hydrogens (tertiary/aromatic N) is 2. The lowest BCUT2D eigenvalue weighted by atomic mass is 9.89. The molecule has 1 aromatic heterocycles. The molecule has 43 heavy (non-hydrogen) atoms. The summed E-state index contributed by atoms with van der Waals surface area (Å²) in [5.41, 5.74) is 6.34. The highest BCUT2D eigenvalue weighted by Crippen LogP contribution is 2.45. The summed E-state index contributed by atoms with van der Waals surface area (Å²) in [5, 5.41) is 3.98. The van der Waals surface area contributed by atoms with Gasteiger partial charge in [0.15, 0.2) is 0 Å². The van der Waals surface area contributed by atoms with Crippen LogP contribution in [0.25, 0.3) is 10.9 Å². The Bertz CT molecular complexity index is 1880. The van der Waals surface area contributed by atoms with Crippen LogP contribution in [0.5, 0.6) is 5.75 Å². The summed E-state index contributed by atoms with van der Waals surface area (Å²) in [6, 6.07) is 28.5. The summed E-state index contributed by atoms with van der Waals surface area (Å²) in [4.78, 5) is 48.3. The lowest BCUT2D eigenvalue weighted by molar-refractivity contribution is -0.120. The van der Waals surface area contributed by atoms with E-state index in [9.17, 15) is 14.4 Å². The number of imide groups is 1. The minimum Gasteiger partial charge on any atom is -0.497 e. The Morgan fingerprint density at radius 1 is 0.930 bits per heavy atom. The van der Waals surface area contributed by atoms with Gasteiger partial charge in [-0.3, -0.25) is 14.5 Å². The van der Waals surface area contributed by atoms with E-state index in [2.05, 4.69) is 10.3 Å². The third-order valence-corrected chi connectivity index (χ3v) is 8.44. The first-order valence-electron chi connectivity index (χ1n) is 14.3. The van der Waals surface area contributed by atoms with Gasteiger partial charge in [0, 0.05) is 29.6 Å². The van der Waals surface area contributed by atoms with E-state index in [1.807, 2.05) is 79.7 Å². The predicted molar refractivity (Wildman–Crippen MR) is 164 cm³/mol. The largest absolute Gasteiger partial charge is 0.497 e. The number of rotatable bonds is 6. The predicted octanol–water partition coefficient (Wildman–Crippen LogP) is 5.90. The van der Waals surface area contributed by atoms with Crippen molar-refractivity contribution in [3.63, 3.8) is 0 Å². The lowest BCUT2D eigenvalue weighted by Gasteiger charge is -2.36. The third-order valence-electron chi connectivity index (χ3n) is 8.44. The third kappa shape index (κ3) is 4.43. The number of methoxy groups -OCH3 is 1. The molecule has 214 valence electrons. The maximum absolute atomic E-state index is 14.3. The fourth-order valence-corrected chi connectivity index (χ4v) is 6.27. The average Bonchev–Trinajstić information content (AvgIpc) is 3.53. The number of urea groups is 1. The van der Waals surface area contributed by atoms with Crippen LogP contribution in [0, 0.1) is 6.92 Å². The summed E-state index contributed by atoms with van der Waals surface area (Å²) < 4.78 is 5.37. The molecule has 0 aliphatic carbocycles. The van der Waals surface area contributed by atoms with Gasteiger partial charge in [-0.25, -0.2) is 9.69 Å². The zero-order valence-electron chi connectivity index (χ0n) is 23.8. The monoisotopic (exact) mass is 570 g/mol. The quantitative estimate of drug-likeness (QED) is 0.249. The van der Waals surface area contributed by atoms with Crippen molar-refractivity contribution in [3.05, 3.63) is 131 Å². The summed E-state index contributed by atoms with van der Waals surface area (Å²) in [7, 11) is 1.61. The molecule has 0 spiro atoms. The molecule has 2 atom stereocenters. The first kappa shape index (κ1) is 26.5. The number of H-pyrrole nitrogens is 1. The summed E-state index contributed by atoms with van der Waals surface area (Å²) in [6.45, 7) is 2.33. The molecule has 2 aliphatic heterocycles. The van der Waals surface area contributed by atoms with Gasteiger partial charge < -0.3 is 15.0 Å². The molecular formula is C35H30N4O4. The van der Waals surface area contributed by atoms with Crippen LogP contribution in [-0.4, -0.2) is 40.9 Å². The standard InChI is InChI=1S/C35H30N4O4/c1-21-11-13-22(14-12-21)20-36-33(40)26-8-4-6-10-29(26)39-34(41)30-19-27-25-7-3-5-9-28(25)37-31(27)32(38(30)35(39)42)23-15-17-24(43-2)18-16-23/h3-18,30,32,37H,19-20H2,1-2H3,(H,36,40)/t30-,32+/m0/s1. The number of carbonyl (C=O) groups excluding carboxylic acids is 3. The number of hydrogen-bond acceptors (Lipinski definition) is 4. The summed E-state index contributed by atoms with van der Waals surface area (Å²) >= 11 is 0. The van der Waals surface area contributed by atoms with Crippen LogP contribution in [0.3, 0.4) is 0 Å². The molecule has 4 aromatic carbocycles. The van der Waals surface area contributed by atoms with E-state index in [0.717, 1.165) is 38.9 Å². The number of benzene rings is 4. The van der Waals surface area contributed by atoms with Crippen LogP contribution < -0.4 is 15.0 Å². The van der Waals surface area contributed by atoms with Gasteiger partial charge in [0.25, 0.3) is 11.8 Å². The van der Waals surface area contributed by atoms with E-state index in [0.29, 0.717) is 18.7 Å². The molecule has 5 aromatic rings. The molecule has 0 saturated carbocycles. The minimum atomic E-state index is -0.727. The van der Waals surface area contributed by atoms with Crippen molar-refractivity contribution >= 4 is 34.4 Å². The van der Waals surface area contributed by atoms with Gasteiger partial charge in [-0.05, 0) is 53.9 Å². The highest BCUT2D eigenvalue weighted by molar-refractivity contribution is 6.24. The van der Waals surface area contributed by atoms with Crippen molar-refractivity contribution in [2.45, 2.75) is 32.0 Å². The van der Waals surface area contributed by atoms with Crippen molar-refractivity contribution in [1.29, 1.82) is 0 Å². The van der Waals surface area contributed by atoms with Crippen LogP contribution in [-0.2, 0) is 17.8 Å². The molecule has 3 heterocycles. The van der Waals surface area contributed by atoms with Crippen LogP contribution in [0.2, 0.25) is 0 Å². The van der Waals surface area contributed by atoms with Crippen LogP contribution in [0.1, 0.15) is 44.3 Å². The first-order chi connectivity index (χ1) is 20.9. The molecule has 4 amide bonds. The Balaban J connectivity index is 1.27. The Kier molecular flexibility index (Phi) is 6.46. The number of aryl methyl sites for hydroxylation is 1. The number of ether oxygens (including phenoxy) is 1. The van der Waals surface area contributed by atoms with E-state index in [4.69, 9.17) is 4.74 Å². The second kappa shape index (κ2) is 10.5. The van der Waals surface area contributed by atoms with Crippen molar-refractivity contribution in [2.24, 2.45) is 0 Å². The number of aromatic amines is 1. The second-order valence-electron chi connectivity index (χ2n) is 11.0. The van der Waals surface area contributed by atoms with Crippen LogP contribution in [0.4, 0.5) is 10.5 Å². The molecular weight excluding hydrogens is 540 g/mol. The first-order valence-corrected chi connectivity index (χ1v) is 14.3. The van der Waals surface area contributed by atoms with Gasteiger partial charge in [0.05, 0.1) is 18.4 Å². The molecule has 0 radical (unpaired) electrons. The average molecular weight is 571 g/mol. The number of anilines is 1. The topological polar surface area (TPSA) is 94.7 Å². The highest BCUT2D eigenvalue weighted by Gasteiger charge is 2.53. The lowest BCUT2D eigenvalue weighted by Crippen LogP contribution is -2.44. The molecule has 1 saturated heterocycles. The number of carbonyl (C=O) groups is 3. The molecule has 8 heteroatoms. The smallest absolute Gasteiger partial charge is 0.332 e. The maximum atomic E-state index is 14.3. The highest BCUT2D eigenvalue weighted by atomic mass is 16.5. The van der Waals surface area contributed by atoms with E-state index in [-0.39, 0.29) is 23.1 Å². The molecule has 0 bridgehead atoms. The molecule has 8 nitrogen and oxygen atoms in total. The minimum absolute atomic E-state index is 0.265. The normalized spacial score (nSPS) is 17.6. The summed E-state index contributed by atoms with van der Waals surface area (Å²) in [5.74, 6) is -0.00759. The van der Waals surface area contributed by atoms with Crippen molar-refractivity contribution in [3.8, 4) is 5.75 Å². The fourth-order valence-electron chi connectivity index (χ4n) is 6.27. The van der Waals surface area contributed by atoms with E-state index in [1.54, 1.807) is 36.3 Å². The van der Waals surface area contributed by atoms with Gasteiger partial charge in [-0.15, -0.1) is 0 Å². The van der Waals surface area contributed by atoms with Crippen molar-refractivity contribution in [1.82, 2.24) is 15.2 Å². The van der Waals surface area contributed by atoms with E-state index in [1.165, 1.54) is 4.90 Å². The Morgan fingerprint density at radius 2 is 1.65 bits per heavy atom. The van der Waals surface area contributed by atoms with Gasteiger partial charge >= 0.3 is 6.03 Å². The maximum Gasteiger partial charge on any atom is 0.332 e. The zero-order chi connectivity index (χ0) is 29.7. The van der Waals surface area contributed by atoms with Gasteiger partial charge in [0.1, 0.15) is 17.8 Å². The number of amides is 4. The van der Waals surface area contributed by atoms with Gasteiger partial charge in [-0.2, -0.15) is 0 Å².